The van der Waals surface area contributed by atoms with E-state index in [0.717, 1.165) is 37.6 Å². The topological polar surface area (TPSA) is 34.1 Å². The second-order valence-electron chi connectivity index (χ2n) is 5.19. The Labute approximate surface area is 114 Å². The predicted octanol–water partition coefficient (Wildman–Crippen LogP) is 2.75. The van der Waals surface area contributed by atoms with Gasteiger partial charge in [0.25, 0.3) is 0 Å². The number of ether oxygens (including phenoxy) is 1. The van der Waals surface area contributed by atoms with Crippen LogP contribution in [0.2, 0.25) is 0 Å². The zero-order valence-electron chi connectivity index (χ0n) is 11.1. The van der Waals surface area contributed by atoms with Crippen LogP contribution in [0, 0.1) is 5.92 Å². The predicted molar refractivity (Wildman–Crippen MR) is 77.0 cm³/mol. The molecular weight excluding hydrogens is 236 g/mol. The monoisotopic (exact) mass is 256 g/mol. The van der Waals surface area contributed by atoms with E-state index < -0.39 is 0 Å². The van der Waals surface area contributed by atoms with Crippen LogP contribution in [0.1, 0.15) is 18.4 Å². The fourth-order valence-electron chi connectivity index (χ4n) is 2.68. The molecule has 1 aliphatic heterocycles. The van der Waals surface area contributed by atoms with Gasteiger partial charge >= 0.3 is 0 Å². The number of hydrogen-bond donors (Lipinski definition) is 1. The summed E-state index contributed by atoms with van der Waals surface area (Å²) < 4.78 is 5.82. The molecule has 1 fully saturated rings. The van der Waals surface area contributed by atoms with E-state index in [-0.39, 0.29) is 0 Å². The highest BCUT2D eigenvalue weighted by atomic mass is 16.5. The molecule has 1 aliphatic rings. The lowest BCUT2D eigenvalue weighted by Crippen LogP contribution is -2.10. The van der Waals surface area contributed by atoms with E-state index >= 15 is 0 Å². The molecule has 3 rings (SSSR count). The minimum absolute atomic E-state index is 0.661. The Morgan fingerprint density at radius 3 is 3.11 bits per heavy atom. The molecule has 1 aromatic carbocycles. The molecule has 0 aliphatic carbocycles. The molecule has 0 amide bonds. The molecule has 1 atom stereocenters. The number of pyridine rings is 1. The molecule has 100 valence electrons. The molecule has 2 aromatic rings. The number of aromatic nitrogens is 1. The Morgan fingerprint density at radius 2 is 2.21 bits per heavy atom. The van der Waals surface area contributed by atoms with Gasteiger partial charge in [-0.05, 0) is 37.9 Å². The van der Waals surface area contributed by atoms with Crippen molar-refractivity contribution in [3.05, 3.63) is 42.1 Å². The Hall–Kier alpha value is -1.45. The third kappa shape index (κ3) is 3.11. The molecule has 0 spiro atoms. The van der Waals surface area contributed by atoms with Gasteiger partial charge < -0.3 is 10.1 Å². The van der Waals surface area contributed by atoms with E-state index in [0.29, 0.717) is 6.61 Å². The largest absolute Gasteiger partial charge is 0.377 e. The average Bonchev–Trinajstić information content (AvgIpc) is 2.97. The molecule has 3 heteroatoms. The molecule has 1 aromatic heterocycles. The fourth-order valence-corrected chi connectivity index (χ4v) is 2.68. The van der Waals surface area contributed by atoms with E-state index in [1.54, 1.807) is 0 Å². The maximum Gasteiger partial charge on any atom is 0.0757 e. The van der Waals surface area contributed by atoms with Gasteiger partial charge in [-0.25, -0.2) is 0 Å². The van der Waals surface area contributed by atoms with Crippen molar-refractivity contribution in [2.45, 2.75) is 19.4 Å². The summed E-state index contributed by atoms with van der Waals surface area (Å²) in [5, 5.41) is 4.57. The third-order valence-corrected chi connectivity index (χ3v) is 3.81. The number of hydrogen-bond acceptors (Lipinski definition) is 3. The summed E-state index contributed by atoms with van der Waals surface area (Å²) >= 11 is 0. The Morgan fingerprint density at radius 1 is 1.26 bits per heavy atom. The molecule has 0 radical (unpaired) electrons. The third-order valence-electron chi connectivity index (χ3n) is 3.81. The standard InChI is InChI=1S/C16H20N2O/c1-3-14-5-2-8-18-16(14)15(4-1)12-19-10-7-13-6-9-17-11-13/h1-5,8,13,17H,6-7,9-12H2. The van der Waals surface area contributed by atoms with E-state index in [1.807, 2.05) is 12.3 Å². The molecule has 3 nitrogen and oxygen atoms in total. The lowest BCUT2D eigenvalue weighted by molar-refractivity contribution is 0.110. The van der Waals surface area contributed by atoms with Gasteiger partial charge in [-0.2, -0.15) is 0 Å². The van der Waals surface area contributed by atoms with E-state index in [1.165, 1.54) is 17.4 Å². The van der Waals surface area contributed by atoms with Crippen molar-refractivity contribution in [1.29, 1.82) is 0 Å². The van der Waals surface area contributed by atoms with E-state index in [9.17, 15) is 0 Å². The summed E-state index contributed by atoms with van der Waals surface area (Å²) in [5.41, 5.74) is 2.25. The second kappa shape index (κ2) is 6.13. The number of nitrogens with one attached hydrogen (secondary N) is 1. The van der Waals surface area contributed by atoms with Gasteiger partial charge in [0.2, 0.25) is 0 Å². The summed E-state index contributed by atoms with van der Waals surface area (Å²) in [6, 6.07) is 10.3. The van der Waals surface area contributed by atoms with Gasteiger partial charge in [-0.1, -0.05) is 24.3 Å². The molecule has 0 bridgehead atoms. The molecule has 1 saturated heterocycles. The summed E-state index contributed by atoms with van der Waals surface area (Å²) in [6.45, 7) is 3.82. The number of fused-ring (bicyclic) bond motifs is 1. The summed E-state index contributed by atoms with van der Waals surface area (Å²) in [6.07, 6.45) is 4.29. The van der Waals surface area contributed by atoms with Gasteiger partial charge in [-0.15, -0.1) is 0 Å². The first-order chi connectivity index (χ1) is 9.43. The van der Waals surface area contributed by atoms with E-state index in [2.05, 4.69) is 34.6 Å². The number of rotatable bonds is 5. The maximum absolute atomic E-state index is 5.82. The normalized spacial score (nSPS) is 19.1. The van der Waals surface area contributed by atoms with Gasteiger partial charge in [0.15, 0.2) is 0 Å². The Balaban J connectivity index is 1.56. The van der Waals surface area contributed by atoms with Gasteiger partial charge in [0.1, 0.15) is 0 Å². The van der Waals surface area contributed by atoms with Gasteiger partial charge in [0.05, 0.1) is 12.1 Å². The van der Waals surface area contributed by atoms with Crippen molar-refractivity contribution >= 4 is 10.9 Å². The minimum atomic E-state index is 0.661. The zero-order chi connectivity index (χ0) is 12.9. The average molecular weight is 256 g/mol. The lowest BCUT2D eigenvalue weighted by Gasteiger charge is -2.10. The fraction of sp³-hybridized carbons (Fsp3) is 0.438. The Kier molecular flexibility index (Phi) is 4.06. The van der Waals surface area contributed by atoms with Crippen LogP contribution in [0.3, 0.4) is 0 Å². The SMILES string of the molecule is c1cnc2c(COCCC3CCNC3)cccc2c1. The van der Waals surface area contributed by atoms with Crippen molar-refractivity contribution in [3.8, 4) is 0 Å². The van der Waals surface area contributed by atoms with Gasteiger partial charge in [0, 0.05) is 23.8 Å². The van der Waals surface area contributed by atoms with Crippen molar-refractivity contribution < 1.29 is 4.74 Å². The van der Waals surface area contributed by atoms with Crippen LogP contribution in [0.25, 0.3) is 10.9 Å². The van der Waals surface area contributed by atoms with Crippen molar-refractivity contribution in [2.24, 2.45) is 5.92 Å². The van der Waals surface area contributed by atoms with Crippen LogP contribution >= 0.6 is 0 Å². The number of benzene rings is 1. The summed E-state index contributed by atoms with van der Waals surface area (Å²) in [7, 11) is 0. The van der Waals surface area contributed by atoms with Crippen LogP contribution in [-0.4, -0.2) is 24.7 Å². The Bertz CT molecular complexity index is 530. The highest BCUT2D eigenvalue weighted by Crippen LogP contribution is 2.17. The maximum atomic E-state index is 5.82. The lowest BCUT2D eigenvalue weighted by atomic mass is 10.1. The van der Waals surface area contributed by atoms with Crippen LogP contribution in [0.15, 0.2) is 36.5 Å². The summed E-state index contributed by atoms with van der Waals surface area (Å²) in [5.74, 6) is 0.797. The molecule has 0 saturated carbocycles. The van der Waals surface area contributed by atoms with Crippen LogP contribution < -0.4 is 5.32 Å². The first-order valence-corrected chi connectivity index (χ1v) is 7.04. The summed E-state index contributed by atoms with van der Waals surface area (Å²) in [4.78, 5) is 4.45. The molecule has 19 heavy (non-hydrogen) atoms. The van der Waals surface area contributed by atoms with Crippen molar-refractivity contribution in [2.75, 3.05) is 19.7 Å². The van der Waals surface area contributed by atoms with E-state index in [4.69, 9.17) is 4.74 Å². The minimum Gasteiger partial charge on any atom is -0.377 e. The quantitative estimate of drug-likeness (QED) is 0.835. The van der Waals surface area contributed by atoms with Crippen LogP contribution in [-0.2, 0) is 11.3 Å². The second-order valence-corrected chi connectivity index (χ2v) is 5.19. The first-order valence-electron chi connectivity index (χ1n) is 7.04. The van der Waals surface area contributed by atoms with Crippen molar-refractivity contribution in [3.63, 3.8) is 0 Å². The molecule has 1 N–H and O–H groups in total. The van der Waals surface area contributed by atoms with Crippen LogP contribution in [0.5, 0.6) is 0 Å². The van der Waals surface area contributed by atoms with Crippen molar-refractivity contribution in [1.82, 2.24) is 10.3 Å². The molecule has 2 heterocycles. The van der Waals surface area contributed by atoms with Crippen LogP contribution in [0.4, 0.5) is 0 Å². The number of nitrogens with zero attached hydrogens (tertiary/aromatic N) is 1. The first kappa shape index (κ1) is 12.6. The van der Waals surface area contributed by atoms with Gasteiger partial charge in [-0.3, -0.25) is 4.98 Å². The number of para-hydroxylation sites is 1. The highest BCUT2D eigenvalue weighted by Gasteiger charge is 2.13. The smallest absolute Gasteiger partial charge is 0.0757 e. The molecule has 1 unspecified atom stereocenters. The highest BCUT2D eigenvalue weighted by molar-refractivity contribution is 5.81. The molecular formula is C16H20N2O. The zero-order valence-corrected chi connectivity index (χ0v) is 11.1.